The van der Waals surface area contributed by atoms with Crippen LogP contribution in [0.2, 0.25) is 0 Å². The maximum Gasteiger partial charge on any atom is 0.240 e. The second-order valence-corrected chi connectivity index (χ2v) is 10.6. The molecule has 21 heavy (non-hydrogen) atoms. The molecule has 0 spiro atoms. The summed E-state index contributed by atoms with van der Waals surface area (Å²) in [6.45, 7) is 8.81. The second-order valence-electron chi connectivity index (χ2n) is 5.79. The van der Waals surface area contributed by atoms with E-state index < -0.39 is 10.0 Å². The molecule has 0 bridgehead atoms. The van der Waals surface area contributed by atoms with Gasteiger partial charge in [-0.3, -0.25) is 0 Å². The lowest BCUT2D eigenvalue weighted by Crippen LogP contribution is -2.30. The van der Waals surface area contributed by atoms with Gasteiger partial charge in [0.05, 0.1) is 9.48 Å². The van der Waals surface area contributed by atoms with Crippen LogP contribution in [0.3, 0.4) is 0 Å². The zero-order valence-corrected chi connectivity index (χ0v) is 15.4. The van der Waals surface area contributed by atoms with Crippen molar-refractivity contribution in [3.8, 4) is 0 Å². The van der Waals surface area contributed by atoms with Crippen LogP contribution in [0.25, 0.3) is 0 Å². The number of rotatable bonds is 7. The molecule has 1 fully saturated rings. The van der Waals surface area contributed by atoms with Crippen molar-refractivity contribution in [2.24, 2.45) is 0 Å². The molecule has 0 saturated carbocycles. The molecule has 0 aliphatic carbocycles. The largest absolute Gasteiger partial charge is 0.240 e. The number of hydrogen-bond donors (Lipinski definition) is 1. The fourth-order valence-corrected chi connectivity index (χ4v) is 5.55. The molecule has 6 heteroatoms. The van der Waals surface area contributed by atoms with Crippen LogP contribution in [0.4, 0.5) is 0 Å². The monoisotopic (exact) mass is 345 g/mol. The summed E-state index contributed by atoms with van der Waals surface area (Å²) in [6.07, 6.45) is 0. The zero-order chi connectivity index (χ0) is 15.7. The van der Waals surface area contributed by atoms with E-state index in [1.807, 2.05) is 41.7 Å². The minimum Gasteiger partial charge on any atom is -0.211 e. The molecule has 3 nitrogen and oxygen atoms in total. The van der Waals surface area contributed by atoms with E-state index in [1.165, 1.54) is 5.75 Å². The van der Waals surface area contributed by atoms with E-state index in [0.29, 0.717) is 21.3 Å². The molecule has 1 aliphatic rings. The van der Waals surface area contributed by atoms with E-state index in [4.69, 9.17) is 0 Å². The van der Waals surface area contributed by atoms with E-state index in [2.05, 4.69) is 25.5 Å². The van der Waals surface area contributed by atoms with Gasteiger partial charge >= 0.3 is 0 Å². The van der Waals surface area contributed by atoms with Gasteiger partial charge in [-0.25, -0.2) is 13.1 Å². The van der Waals surface area contributed by atoms with Gasteiger partial charge in [0.25, 0.3) is 0 Å². The van der Waals surface area contributed by atoms with Crippen LogP contribution in [0, 0.1) is 0 Å². The van der Waals surface area contributed by atoms with Crippen LogP contribution in [-0.4, -0.2) is 30.5 Å². The Morgan fingerprint density at radius 2 is 2.14 bits per heavy atom. The van der Waals surface area contributed by atoms with Gasteiger partial charge < -0.3 is 0 Å². The summed E-state index contributed by atoms with van der Waals surface area (Å²) in [7, 11) is -3.39. The highest BCUT2D eigenvalue weighted by atomic mass is 32.2. The van der Waals surface area contributed by atoms with Crippen molar-refractivity contribution < 1.29 is 8.42 Å². The predicted octanol–water partition coefficient (Wildman–Crippen LogP) is 3.46. The summed E-state index contributed by atoms with van der Waals surface area (Å²) in [5.41, 5.74) is 1.01. The van der Waals surface area contributed by atoms with Crippen LogP contribution in [0.1, 0.15) is 33.3 Å². The third-order valence-electron chi connectivity index (χ3n) is 3.90. The van der Waals surface area contributed by atoms with E-state index in [0.717, 1.165) is 5.56 Å². The van der Waals surface area contributed by atoms with Crippen LogP contribution in [0.15, 0.2) is 29.2 Å². The quantitative estimate of drug-likeness (QED) is 0.769. The lowest BCUT2D eigenvalue weighted by atomic mass is 9.82. The molecule has 0 aromatic heterocycles. The molecule has 1 heterocycles. The van der Waals surface area contributed by atoms with Crippen LogP contribution >= 0.6 is 23.5 Å². The number of hydrogen-bond acceptors (Lipinski definition) is 4. The van der Waals surface area contributed by atoms with Crippen molar-refractivity contribution in [2.45, 2.75) is 47.8 Å². The first-order valence-electron chi connectivity index (χ1n) is 7.14. The Morgan fingerprint density at radius 3 is 2.71 bits per heavy atom. The summed E-state index contributed by atoms with van der Waals surface area (Å²) in [6, 6.07) is 7.34. The molecule has 0 amide bonds. The Morgan fingerprint density at radius 1 is 1.48 bits per heavy atom. The fourth-order valence-electron chi connectivity index (χ4n) is 2.09. The van der Waals surface area contributed by atoms with Gasteiger partial charge in [-0.2, -0.15) is 0 Å². The maximum atomic E-state index is 12.1. The van der Waals surface area contributed by atoms with E-state index in [1.54, 1.807) is 13.0 Å². The second kappa shape index (κ2) is 6.52. The van der Waals surface area contributed by atoms with Crippen molar-refractivity contribution in [1.82, 2.24) is 4.72 Å². The summed E-state index contributed by atoms with van der Waals surface area (Å²) in [5.74, 6) is 1.24. The van der Waals surface area contributed by atoms with Crippen LogP contribution < -0.4 is 4.72 Å². The van der Waals surface area contributed by atoms with Crippen molar-refractivity contribution in [3.05, 3.63) is 29.8 Å². The van der Waals surface area contributed by atoms with Gasteiger partial charge in [-0.1, -0.05) is 39.8 Å². The molecule has 1 N–H and O–H groups in total. The summed E-state index contributed by atoms with van der Waals surface area (Å²) < 4.78 is 27.6. The molecular formula is C15H23NO2S3. The van der Waals surface area contributed by atoms with Crippen molar-refractivity contribution >= 4 is 33.5 Å². The Balaban J connectivity index is 2.26. The Kier molecular flexibility index (Phi) is 5.34. The molecule has 2 rings (SSSR count). The molecule has 1 aliphatic heterocycles. The van der Waals surface area contributed by atoms with Gasteiger partial charge in [0, 0.05) is 23.0 Å². The average Bonchev–Trinajstić information content (AvgIpc) is 3.22. The SMILES string of the molecule is CCNS(=O)(=O)c1cccc(C(C)(C)C(C)SC2CS2)c1. The highest BCUT2D eigenvalue weighted by Gasteiger charge is 2.34. The Hall–Kier alpha value is -0.170. The molecule has 2 atom stereocenters. The predicted molar refractivity (Wildman–Crippen MR) is 93.6 cm³/mol. The standard InChI is InChI=1S/C15H23NO2S3/c1-5-16-21(17,18)13-8-6-7-12(9-13)15(3,4)11(2)20-14-10-19-14/h6-9,11,14,16H,5,10H2,1-4H3. The van der Waals surface area contributed by atoms with E-state index in [-0.39, 0.29) is 5.41 Å². The van der Waals surface area contributed by atoms with E-state index >= 15 is 0 Å². The molecule has 2 unspecified atom stereocenters. The third kappa shape index (κ3) is 4.18. The first kappa shape index (κ1) is 17.2. The molecule has 1 aromatic rings. The lowest BCUT2D eigenvalue weighted by molar-refractivity contribution is 0.518. The Bertz CT molecular complexity index is 595. The van der Waals surface area contributed by atoms with Crippen LogP contribution in [0.5, 0.6) is 0 Å². The number of sulfonamides is 1. The number of benzene rings is 1. The summed E-state index contributed by atoms with van der Waals surface area (Å²) >= 11 is 3.97. The maximum absolute atomic E-state index is 12.1. The molecule has 118 valence electrons. The topological polar surface area (TPSA) is 46.2 Å². The number of nitrogens with one attached hydrogen (secondary N) is 1. The van der Waals surface area contributed by atoms with E-state index in [9.17, 15) is 8.42 Å². The third-order valence-corrected chi connectivity index (χ3v) is 8.50. The first-order valence-corrected chi connectivity index (χ1v) is 10.6. The summed E-state index contributed by atoms with van der Waals surface area (Å²) in [5, 5.41) is 0.439. The lowest BCUT2D eigenvalue weighted by Gasteiger charge is -2.32. The normalized spacial score (nSPS) is 20.3. The fraction of sp³-hybridized carbons (Fsp3) is 0.600. The summed E-state index contributed by atoms with van der Waals surface area (Å²) in [4.78, 5) is 0.355. The van der Waals surface area contributed by atoms with Gasteiger partial charge in [-0.15, -0.1) is 23.5 Å². The van der Waals surface area contributed by atoms with Gasteiger partial charge in [-0.05, 0) is 17.7 Å². The Labute approximate surface area is 136 Å². The van der Waals surface area contributed by atoms with Gasteiger partial charge in [0.2, 0.25) is 10.0 Å². The average molecular weight is 346 g/mol. The highest BCUT2D eigenvalue weighted by molar-refractivity contribution is 8.23. The zero-order valence-electron chi connectivity index (χ0n) is 12.9. The van der Waals surface area contributed by atoms with Crippen molar-refractivity contribution in [1.29, 1.82) is 0 Å². The smallest absolute Gasteiger partial charge is 0.211 e. The van der Waals surface area contributed by atoms with Crippen molar-refractivity contribution in [3.63, 3.8) is 0 Å². The molecule has 1 aromatic carbocycles. The molecule has 1 saturated heterocycles. The minimum atomic E-state index is -3.39. The highest BCUT2D eigenvalue weighted by Crippen LogP contribution is 2.47. The van der Waals surface area contributed by atoms with Gasteiger partial charge in [0.15, 0.2) is 0 Å². The van der Waals surface area contributed by atoms with Crippen LogP contribution in [-0.2, 0) is 15.4 Å². The first-order chi connectivity index (χ1) is 9.77. The molecular weight excluding hydrogens is 322 g/mol. The van der Waals surface area contributed by atoms with Crippen molar-refractivity contribution in [2.75, 3.05) is 12.3 Å². The number of thioether (sulfide) groups is 2. The minimum absolute atomic E-state index is 0.0639. The van der Waals surface area contributed by atoms with Gasteiger partial charge in [0.1, 0.15) is 0 Å². The molecule has 0 radical (unpaired) electrons.